The Hall–Kier alpha value is -3.12. The van der Waals surface area contributed by atoms with Gasteiger partial charge in [0.2, 0.25) is 0 Å². The van der Waals surface area contributed by atoms with Crippen molar-refractivity contribution in [2.45, 2.75) is 13.5 Å². The van der Waals surface area contributed by atoms with Crippen LogP contribution >= 0.6 is 0 Å². The molecule has 3 rings (SSSR count). The van der Waals surface area contributed by atoms with E-state index in [-0.39, 0.29) is 11.1 Å². The van der Waals surface area contributed by atoms with Crippen LogP contribution in [-0.4, -0.2) is 4.57 Å². The molecule has 0 aliphatic heterocycles. The van der Waals surface area contributed by atoms with Crippen LogP contribution in [0.1, 0.15) is 16.7 Å². The van der Waals surface area contributed by atoms with Gasteiger partial charge >= 0.3 is 0 Å². The third-order valence-electron chi connectivity index (χ3n) is 3.95. The molecule has 1 aromatic heterocycles. The normalized spacial score (nSPS) is 10.3. The first-order valence-corrected chi connectivity index (χ1v) is 7.44. The molecule has 0 unspecified atom stereocenters. The number of hydrogen-bond acceptors (Lipinski definition) is 2. The molecule has 0 atom stereocenters. The van der Waals surface area contributed by atoms with Crippen molar-refractivity contribution < 1.29 is 0 Å². The Morgan fingerprint density at radius 3 is 2.35 bits per heavy atom. The number of benzene rings is 2. The third-order valence-corrected chi connectivity index (χ3v) is 3.95. The second-order valence-corrected chi connectivity index (χ2v) is 5.43. The lowest BCUT2D eigenvalue weighted by molar-refractivity contribution is 0.761. The third kappa shape index (κ3) is 2.93. The van der Waals surface area contributed by atoms with Gasteiger partial charge in [-0.3, -0.25) is 4.79 Å². The zero-order valence-corrected chi connectivity index (χ0v) is 12.9. The molecular weight excluding hydrogens is 284 g/mol. The van der Waals surface area contributed by atoms with Gasteiger partial charge in [-0.25, -0.2) is 0 Å². The lowest BCUT2D eigenvalue weighted by Gasteiger charge is -2.15. The fourth-order valence-electron chi connectivity index (χ4n) is 2.64. The van der Waals surface area contributed by atoms with Gasteiger partial charge in [-0.15, -0.1) is 0 Å². The van der Waals surface area contributed by atoms with Crippen LogP contribution in [0.15, 0.2) is 71.5 Å². The minimum atomic E-state index is -0.253. The highest BCUT2D eigenvalue weighted by Gasteiger charge is 2.11. The summed E-state index contributed by atoms with van der Waals surface area (Å²) in [4.78, 5) is 12.7. The smallest absolute Gasteiger partial charge is 0.269 e. The number of nitriles is 1. The van der Waals surface area contributed by atoms with E-state index in [1.165, 1.54) is 0 Å². The van der Waals surface area contributed by atoms with Crippen LogP contribution < -0.4 is 5.56 Å². The standard InChI is InChI=1S/C20H16N2O/c1-15-7-5-6-10-18(15)14-22-19(16-8-3-2-4-9-16)12-11-17(13-21)20(22)23/h2-12H,14H2,1H3. The molecule has 0 aliphatic carbocycles. The first-order chi connectivity index (χ1) is 11.2. The fraction of sp³-hybridized carbons (Fsp3) is 0.100. The van der Waals surface area contributed by atoms with Gasteiger partial charge in [0, 0.05) is 0 Å². The van der Waals surface area contributed by atoms with Crippen molar-refractivity contribution in [2.24, 2.45) is 0 Å². The Bertz CT molecular complexity index is 934. The van der Waals surface area contributed by atoms with Gasteiger partial charge in [-0.1, -0.05) is 54.6 Å². The lowest BCUT2D eigenvalue weighted by Crippen LogP contribution is -2.24. The summed E-state index contributed by atoms with van der Waals surface area (Å²) in [6, 6.07) is 23.1. The molecule has 3 nitrogen and oxygen atoms in total. The summed E-state index contributed by atoms with van der Waals surface area (Å²) in [5, 5.41) is 9.16. The molecule has 112 valence electrons. The number of hydrogen-bond donors (Lipinski definition) is 0. The van der Waals surface area contributed by atoms with Crippen molar-refractivity contribution in [1.29, 1.82) is 5.26 Å². The number of aromatic nitrogens is 1. The fourth-order valence-corrected chi connectivity index (χ4v) is 2.64. The van der Waals surface area contributed by atoms with Crippen LogP contribution in [0.2, 0.25) is 0 Å². The molecule has 0 amide bonds. The van der Waals surface area contributed by atoms with Gasteiger partial charge in [-0.05, 0) is 35.7 Å². The summed E-state index contributed by atoms with van der Waals surface area (Å²) < 4.78 is 1.68. The zero-order chi connectivity index (χ0) is 16.2. The Kier molecular flexibility index (Phi) is 4.07. The van der Waals surface area contributed by atoms with Crippen LogP contribution in [-0.2, 0) is 6.54 Å². The van der Waals surface area contributed by atoms with Gasteiger partial charge in [0.15, 0.2) is 0 Å². The van der Waals surface area contributed by atoms with E-state index < -0.39 is 0 Å². The van der Waals surface area contributed by atoms with Gasteiger partial charge < -0.3 is 4.57 Å². The van der Waals surface area contributed by atoms with Crippen molar-refractivity contribution in [2.75, 3.05) is 0 Å². The molecule has 1 heterocycles. The van der Waals surface area contributed by atoms with E-state index in [1.807, 2.05) is 73.7 Å². The van der Waals surface area contributed by atoms with E-state index in [0.717, 1.165) is 22.4 Å². The van der Waals surface area contributed by atoms with Crippen LogP contribution in [0.5, 0.6) is 0 Å². The molecule has 0 bridgehead atoms. The van der Waals surface area contributed by atoms with E-state index in [1.54, 1.807) is 10.6 Å². The second kappa shape index (κ2) is 6.33. The Labute approximate surface area is 135 Å². The van der Waals surface area contributed by atoms with Crippen molar-refractivity contribution in [3.63, 3.8) is 0 Å². The molecule has 0 saturated heterocycles. The average Bonchev–Trinajstić information content (AvgIpc) is 2.59. The zero-order valence-electron chi connectivity index (χ0n) is 12.9. The summed E-state index contributed by atoms with van der Waals surface area (Å²) in [5.74, 6) is 0. The molecule has 3 aromatic rings. The maximum Gasteiger partial charge on any atom is 0.269 e. The first-order valence-electron chi connectivity index (χ1n) is 7.44. The molecule has 0 fully saturated rings. The van der Waals surface area contributed by atoms with Gasteiger partial charge in [0.05, 0.1) is 12.2 Å². The first kappa shape index (κ1) is 14.8. The number of rotatable bonds is 3. The lowest BCUT2D eigenvalue weighted by atomic mass is 10.1. The summed E-state index contributed by atoms with van der Waals surface area (Å²) in [5.41, 5.74) is 3.89. The van der Waals surface area contributed by atoms with Gasteiger partial charge in [-0.2, -0.15) is 5.26 Å². The molecule has 23 heavy (non-hydrogen) atoms. The van der Waals surface area contributed by atoms with Crippen LogP contribution in [0, 0.1) is 18.3 Å². The van der Waals surface area contributed by atoms with E-state index in [0.29, 0.717) is 6.54 Å². The maximum atomic E-state index is 12.7. The summed E-state index contributed by atoms with van der Waals surface area (Å²) >= 11 is 0. The summed E-state index contributed by atoms with van der Waals surface area (Å²) in [6.45, 7) is 2.47. The minimum absolute atomic E-state index is 0.165. The number of aryl methyl sites for hydroxylation is 1. The van der Waals surface area contributed by atoms with E-state index in [4.69, 9.17) is 5.26 Å². The summed E-state index contributed by atoms with van der Waals surface area (Å²) in [6.07, 6.45) is 0. The molecule has 0 N–H and O–H groups in total. The predicted octanol–water partition coefficient (Wildman–Crippen LogP) is 3.74. The van der Waals surface area contributed by atoms with E-state index >= 15 is 0 Å². The predicted molar refractivity (Wildman–Crippen MR) is 91.1 cm³/mol. The molecule has 2 aromatic carbocycles. The highest BCUT2D eigenvalue weighted by Crippen LogP contribution is 2.20. The Morgan fingerprint density at radius 1 is 0.957 bits per heavy atom. The quantitative estimate of drug-likeness (QED) is 0.739. The topological polar surface area (TPSA) is 45.8 Å². The monoisotopic (exact) mass is 300 g/mol. The van der Waals surface area contributed by atoms with E-state index in [2.05, 4.69) is 0 Å². The minimum Gasteiger partial charge on any atom is -0.303 e. The maximum absolute atomic E-state index is 12.7. The molecule has 0 aliphatic rings. The largest absolute Gasteiger partial charge is 0.303 e. The van der Waals surface area contributed by atoms with Crippen molar-refractivity contribution in [3.05, 3.63) is 93.8 Å². The van der Waals surface area contributed by atoms with Crippen LogP contribution in [0.25, 0.3) is 11.3 Å². The Morgan fingerprint density at radius 2 is 1.65 bits per heavy atom. The second-order valence-electron chi connectivity index (χ2n) is 5.43. The molecule has 0 saturated carbocycles. The van der Waals surface area contributed by atoms with Crippen molar-refractivity contribution >= 4 is 0 Å². The van der Waals surface area contributed by atoms with Gasteiger partial charge in [0.25, 0.3) is 5.56 Å². The van der Waals surface area contributed by atoms with E-state index in [9.17, 15) is 4.79 Å². The molecule has 3 heteroatoms. The highest BCUT2D eigenvalue weighted by molar-refractivity contribution is 5.60. The molecular formula is C20H16N2O. The molecule has 0 spiro atoms. The average molecular weight is 300 g/mol. The van der Waals surface area contributed by atoms with Gasteiger partial charge in [0.1, 0.15) is 11.6 Å². The Balaban J connectivity index is 2.19. The van der Waals surface area contributed by atoms with Crippen LogP contribution in [0.3, 0.4) is 0 Å². The number of nitrogens with zero attached hydrogens (tertiary/aromatic N) is 2. The van der Waals surface area contributed by atoms with Crippen molar-refractivity contribution in [1.82, 2.24) is 4.57 Å². The summed E-state index contributed by atoms with van der Waals surface area (Å²) in [7, 11) is 0. The molecule has 0 radical (unpaired) electrons. The van der Waals surface area contributed by atoms with Crippen molar-refractivity contribution in [3.8, 4) is 17.3 Å². The highest BCUT2D eigenvalue weighted by atomic mass is 16.1. The SMILES string of the molecule is Cc1ccccc1Cn1c(-c2ccccc2)ccc(C#N)c1=O. The number of pyridine rings is 1. The van der Waals surface area contributed by atoms with Crippen LogP contribution in [0.4, 0.5) is 0 Å².